The van der Waals surface area contributed by atoms with E-state index in [9.17, 15) is 8.42 Å². The first-order valence-electron chi connectivity index (χ1n) is 13.1. The van der Waals surface area contributed by atoms with E-state index in [4.69, 9.17) is 19.3 Å². The fourth-order valence-corrected chi connectivity index (χ4v) is 8.70. The molecule has 4 unspecified atom stereocenters. The largest absolute Gasteiger partial charge is 0.381 e. The van der Waals surface area contributed by atoms with Gasteiger partial charge in [0.1, 0.15) is 0 Å². The van der Waals surface area contributed by atoms with E-state index in [2.05, 4.69) is 6.92 Å². The molecule has 33 heavy (non-hydrogen) atoms. The second-order valence-corrected chi connectivity index (χ2v) is 13.0. The maximum absolute atomic E-state index is 13.9. The number of ether oxygens (including phenoxy) is 3. The van der Waals surface area contributed by atoms with Crippen LogP contribution in [0.4, 0.5) is 0 Å². The van der Waals surface area contributed by atoms with Gasteiger partial charge in [-0.1, -0.05) is 6.92 Å². The van der Waals surface area contributed by atoms with Crippen molar-refractivity contribution in [2.75, 3.05) is 21.3 Å². The van der Waals surface area contributed by atoms with E-state index in [1.807, 2.05) is 0 Å². The van der Waals surface area contributed by atoms with Gasteiger partial charge in [-0.15, -0.1) is 0 Å². The van der Waals surface area contributed by atoms with Gasteiger partial charge in [0.05, 0.1) is 29.6 Å². The summed E-state index contributed by atoms with van der Waals surface area (Å²) in [5.74, 6) is 1.24. The maximum atomic E-state index is 13.9. The van der Waals surface area contributed by atoms with E-state index in [1.165, 1.54) is 0 Å². The second-order valence-electron chi connectivity index (χ2n) is 10.9. The number of hydrogen-bond acceptors (Lipinski definition) is 6. The third kappa shape index (κ3) is 5.44. The van der Waals surface area contributed by atoms with Crippen molar-refractivity contribution < 1.29 is 22.6 Å². The van der Waals surface area contributed by atoms with Crippen molar-refractivity contribution in [2.45, 2.75) is 114 Å². The maximum Gasteiger partial charge on any atom is 0.252 e. The van der Waals surface area contributed by atoms with Gasteiger partial charge in [0.25, 0.3) is 10.0 Å². The first-order valence-corrected chi connectivity index (χ1v) is 14.6. The topological polar surface area (TPSA) is 77.4 Å². The number of hydrogen-bond donors (Lipinski definition) is 0. The molecule has 1 aliphatic heterocycles. The Morgan fingerprint density at radius 3 is 2.09 bits per heavy atom. The first kappa shape index (κ1) is 25.4. The molecule has 0 radical (unpaired) electrons. The highest BCUT2D eigenvalue weighted by Crippen LogP contribution is 2.41. The molecular weight excluding hydrogens is 440 g/mol. The molecule has 3 saturated carbocycles. The van der Waals surface area contributed by atoms with Gasteiger partial charge >= 0.3 is 0 Å². The number of sulfonamides is 1. The summed E-state index contributed by atoms with van der Waals surface area (Å²) in [6, 6.07) is -0.0386. The molecular formula is C25H44N2O5S. The Morgan fingerprint density at radius 2 is 1.48 bits per heavy atom. The summed E-state index contributed by atoms with van der Waals surface area (Å²) in [4.78, 5) is 0. The average molecular weight is 485 g/mol. The summed E-state index contributed by atoms with van der Waals surface area (Å²) >= 11 is 0. The fraction of sp³-hybridized carbons (Fsp3) is 0.960. The van der Waals surface area contributed by atoms with Crippen LogP contribution in [0.25, 0.3) is 0 Å². The number of nitrogens with zero attached hydrogens (tertiary/aromatic N) is 2. The van der Waals surface area contributed by atoms with Crippen LogP contribution in [0.1, 0.15) is 84.0 Å². The van der Waals surface area contributed by atoms with E-state index in [0.717, 1.165) is 82.8 Å². The van der Waals surface area contributed by atoms with E-state index in [0.29, 0.717) is 17.9 Å². The molecule has 0 bridgehead atoms. The molecule has 0 spiro atoms. The first-order chi connectivity index (χ1) is 15.9. The zero-order valence-corrected chi connectivity index (χ0v) is 21.8. The minimum absolute atomic E-state index is 0.0386. The molecule has 4 aliphatic rings. The summed E-state index contributed by atoms with van der Waals surface area (Å²) in [5, 5.41) is 4.64. The standard InChI is InChI=1S/C25H44N2O5S/c1-17-5-12-21(13-6-17)33(28,29)27-23(18-7-10-20(30-2)11-8-18)16-22(26-27)19-9-14-24(31-3)25(15-19)32-4/h17-21,23-25H,5-16H2,1-4H3. The van der Waals surface area contributed by atoms with Crippen molar-refractivity contribution in [2.24, 2.45) is 22.9 Å². The van der Waals surface area contributed by atoms with Crippen LogP contribution in [0, 0.1) is 17.8 Å². The van der Waals surface area contributed by atoms with Crippen LogP contribution >= 0.6 is 0 Å². The van der Waals surface area contributed by atoms with Gasteiger partial charge in [-0.3, -0.25) is 0 Å². The number of methoxy groups -OCH3 is 3. The Labute approximate surface area is 200 Å². The molecule has 0 aromatic rings. The molecule has 4 rings (SSSR count). The SMILES string of the molecule is COC1CCC(C2CC(C3CCC(OC)C(OC)C3)=NN2S(=O)(=O)C2CCC(C)CC2)CC1. The van der Waals surface area contributed by atoms with E-state index < -0.39 is 10.0 Å². The van der Waals surface area contributed by atoms with Crippen molar-refractivity contribution in [1.29, 1.82) is 0 Å². The van der Waals surface area contributed by atoms with E-state index in [-0.39, 0.29) is 29.4 Å². The Kier molecular flexibility index (Phi) is 8.40. The highest BCUT2D eigenvalue weighted by molar-refractivity contribution is 7.89. The zero-order chi connectivity index (χ0) is 23.6. The third-order valence-electron chi connectivity index (χ3n) is 8.98. The Balaban J connectivity index is 1.55. The monoisotopic (exact) mass is 484 g/mol. The van der Waals surface area contributed by atoms with Crippen LogP contribution in [0.2, 0.25) is 0 Å². The summed E-state index contributed by atoms with van der Waals surface area (Å²) in [6.45, 7) is 2.23. The normalized spacial score (nSPS) is 40.6. The molecule has 190 valence electrons. The molecule has 3 fully saturated rings. The van der Waals surface area contributed by atoms with E-state index in [1.54, 1.807) is 25.7 Å². The predicted octanol–water partition coefficient (Wildman–Crippen LogP) is 4.36. The minimum Gasteiger partial charge on any atom is -0.381 e. The quantitative estimate of drug-likeness (QED) is 0.537. The number of rotatable bonds is 7. The highest BCUT2D eigenvalue weighted by Gasteiger charge is 2.46. The van der Waals surface area contributed by atoms with Crippen molar-refractivity contribution in [3.05, 3.63) is 0 Å². The van der Waals surface area contributed by atoms with Crippen molar-refractivity contribution >= 4 is 15.7 Å². The summed E-state index contributed by atoms with van der Waals surface area (Å²) < 4.78 is 46.3. The lowest BCUT2D eigenvalue weighted by atomic mass is 9.77. The van der Waals surface area contributed by atoms with Crippen LogP contribution in [0.5, 0.6) is 0 Å². The third-order valence-corrected chi connectivity index (χ3v) is 11.2. The van der Waals surface area contributed by atoms with Crippen molar-refractivity contribution in [3.63, 3.8) is 0 Å². The van der Waals surface area contributed by atoms with E-state index >= 15 is 0 Å². The van der Waals surface area contributed by atoms with Gasteiger partial charge in [-0.25, -0.2) is 8.42 Å². The summed E-state index contributed by atoms with van der Waals surface area (Å²) in [7, 11) is 1.82. The van der Waals surface area contributed by atoms with Gasteiger partial charge in [0.2, 0.25) is 0 Å². The van der Waals surface area contributed by atoms with Gasteiger partial charge in [0.15, 0.2) is 0 Å². The lowest BCUT2D eigenvalue weighted by Crippen LogP contribution is -2.45. The van der Waals surface area contributed by atoms with Gasteiger partial charge in [-0.05, 0) is 82.5 Å². The van der Waals surface area contributed by atoms with Crippen molar-refractivity contribution in [1.82, 2.24) is 4.41 Å². The van der Waals surface area contributed by atoms with Crippen molar-refractivity contribution in [3.8, 4) is 0 Å². The lowest BCUT2D eigenvalue weighted by molar-refractivity contribution is -0.0639. The molecule has 1 heterocycles. The Hall–Kier alpha value is -0.700. The summed E-state index contributed by atoms with van der Waals surface area (Å²) in [5.41, 5.74) is 1.07. The fourth-order valence-electron chi connectivity index (χ4n) is 6.69. The molecule has 8 heteroatoms. The zero-order valence-electron chi connectivity index (χ0n) is 20.9. The second kappa shape index (κ2) is 10.9. The summed E-state index contributed by atoms with van der Waals surface area (Å²) in [6.07, 6.45) is 11.5. The van der Waals surface area contributed by atoms with Crippen LogP contribution in [0.3, 0.4) is 0 Å². The predicted molar refractivity (Wildman–Crippen MR) is 130 cm³/mol. The molecule has 0 N–H and O–H groups in total. The van der Waals surface area contributed by atoms with Gasteiger partial charge in [0, 0.05) is 39.4 Å². The molecule has 0 amide bonds. The van der Waals surface area contributed by atoms with Crippen LogP contribution < -0.4 is 0 Å². The molecule has 3 aliphatic carbocycles. The van der Waals surface area contributed by atoms with Gasteiger partial charge < -0.3 is 14.2 Å². The molecule has 0 aromatic carbocycles. The average Bonchev–Trinajstić information content (AvgIpc) is 3.30. The lowest BCUT2D eigenvalue weighted by Gasteiger charge is -2.37. The molecule has 7 nitrogen and oxygen atoms in total. The van der Waals surface area contributed by atoms with Gasteiger partial charge in [-0.2, -0.15) is 9.52 Å². The minimum atomic E-state index is -3.45. The Morgan fingerprint density at radius 1 is 0.818 bits per heavy atom. The smallest absolute Gasteiger partial charge is 0.252 e. The molecule has 0 saturated heterocycles. The van der Waals surface area contributed by atoms with Crippen LogP contribution in [-0.2, 0) is 24.2 Å². The van der Waals surface area contributed by atoms with Crippen LogP contribution in [-0.4, -0.2) is 69.5 Å². The Bertz CT molecular complexity index is 772. The molecule has 4 atom stereocenters. The van der Waals surface area contributed by atoms with Crippen LogP contribution in [0.15, 0.2) is 5.10 Å². The molecule has 0 aromatic heterocycles. The highest BCUT2D eigenvalue weighted by atomic mass is 32.2. The number of hydrazone groups is 1.